The molecule has 5 heteroatoms. The lowest BCUT2D eigenvalue weighted by molar-refractivity contribution is 0.586. The molecule has 2 aromatic rings. The van der Waals surface area contributed by atoms with Crippen LogP contribution in [0, 0.1) is 13.8 Å². The highest BCUT2D eigenvalue weighted by Gasteiger charge is 2.17. The highest BCUT2D eigenvalue weighted by molar-refractivity contribution is 5.27. The Morgan fingerprint density at radius 3 is 2.58 bits per heavy atom. The number of nitrogens with one attached hydrogen (secondary N) is 1. The molecular weight excluding hydrogens is 238 g/mol. The van der Waals surface area contributed by atoms with E-state index < -0.39 is 0 Å². The summed E-state index contributed by atoms with van der Waals surface area (Å²) in [5.74, 6) is 0. The van der Waals surface area contributed by atoms with Crippen LogP contribution in [0.4, 0.5) is 0 Å². The molecule has 0 radical (unpaired) electrons. The lowest BCUT2D eigenvalue weighted by atomic mass is 10.0. The number of hydrogen-bond donors (Lipinski definition) is 1. The van der Waals surface area contributed by atoms with Gasteiger partial charge in [0, 0.05) is 37.1 Å². The van der Waals surface area contributed by atoms with Gasteiger partial charge in [-0.05, 0) is 39.8 Å². The average molecular weight is 261 g/mol. The number of rotatable bonds is 5. The van der Waals surface area contributed by atoms with Gasteiger partial charge in [-0.1, -0.05) is 0 Å². The van der Waals surface area contributed by atoms with Crippen molar-refractivity contribution >= 4 is 0 Å². The molecule has 104 valence electrons. The van der Waals surface area contributed by atoms with Crippen molar-refractivity contribution < 1.29 is 0 Å². The first-order chi connectivity index (χ1) is 9.06. The molecule has 1 N–H and O–H groups in total. The van der Waals surface area contributed by atoms with Crippen LogP contribution in [-0.2, 0) is 20.0 Å². The molecule has 1 unspecified atom stereocenters. The van der Waals surface area contributed by atoms with Crippen molar-refractivity contribution in [1.29, 1.82) is 0 Å². The Kier molecular flexibility index (Phi) is 4.04. The molecule has 0 amide bonds. The summed E-state index contributed by atoms with van der Waals surface area (Å²) in [5.41, 5.74) is 4.90. The molecule has 0 aliphatic heterocycles. The fourth-order valence-electron chi connectivity index (χ4n) is 2.44. The van der Waals surface area contributed by atoms with Gasteiger partial charge in [-0.25, -0.2) is 0 Å². The maximum absolute atomic E-state index is 4.48. The lowest BCUT2D eigenvalue weighted by Crippen LogP contribution is -2.19. The van der Waals surface area contributed by atoms with Crippen LogP contribution in [0.3, 0.4) is 0 Å². The average Bonchev–Trinajstić information content (AvgIpc) is 2.95. The van der Waals surface area contributed by atoms with Gasteiger partial charge in [-0.2, -0.15) is 10.2 Å². The molecule has 1 atom stereocenters. The van der Waals surface area contributed by atoms with Gasteiger partial charge in [-0.15, -0.1) is 0 Å². The molecule has 0 saturated carbocycles. The summed E-state index contributed by atoms with van der Waals surface area (Å²) in [6.07, 6.45) is 5.01. The minimum atomic E-state index is 0.280. The van der Waals surface area contributed by atoms with Gasteiger partial charge in [0.25, 0.3) is 0 Å². The lowest BCUT2D eigenvalue weighted by Gasteiger charge is -2.14. The van der Waals surface area contributed by atoms with Crippen LogP contribution in [-0.4, -0.2) is 26.6 Å². The summed E-state index contributed by atoms with van der Waals surface area (Å²) >= 11 is 0. The zero-order chi connectivity index (χ0) is 14.0. The van der Waals surface area contributed by atoms with E-state index in [1.165, 1.54) is 16.8 Å². The molecule has 2 rings (SSSR count). The van der Waals surface area contributed by atoms with E-state index in [9.17, 15) is 0 Å². The molecule has 19 heavy (non-hydrogen) atoms. The number of aromatic nitrogens is 4. The highest BCUT2D eigenvalue weighted by Crippen LogP contribution is 2.22. The zero-order valence-corrected chi connectivity index (χ0v) is 12.4. The van der Waals surface area contributed by atoms with Crippen molar-refractivity contribution in [2.75, 3.05) is 7.05 Å². The van der Waals surface area contributed by atoms with Crippen molar-refractivity contribution in [1.82, 2.24) is 24.9 Å². The van der Waals surface area contributed by atoms with Crippen molar-refractivity contribution in [2.24, 2.45) is 7.05 Å². The van der Waals surface area contributed by atoms with Crippen LogP contribution < -0.4 is 5.32 Å². The van der Waals surface area contributed by atoms with E-state index in [2.05, 4.69) is 42.5 Å². The normalized spacial score (nSPS) is 12.9. The first kappa shape index (κ1) is 13.8. The van der Waals surface area contributed by atoms with Crippen molar-refractivity contribution in [2.45, 2.75) is 39.8 Å². The number of hydrogen-bond acceptors (Lipinski definition) is 3. The molecule has 0 spiro atoms. The van der Waals surface area contributed by atoms with E-state index in [0.717, 1.165) is 18.7 Å². The van der Waals surface area contributed by atoms with Gasteiger partial charge in [0.05, 0.1) is 11.9 Å². The van der Waals surface area contributed by atoms with Gasteiger partial charge in [-0.3, -0.25) is 9.36 Å². The van der Waals surface area contributed by atoms with Gasteiger partial charge in [0.15, 0.2) is 0 Å². The Bertz CT molecular complexity index is 552. The van der Waals surface area contributed by atoms with Crippen LogP contribution >= 0.6 is 0 Å². The molecule has 0 aliphatic rings. The van der Waals surface area contributed by atoms with E-state index in [1.54, 1.807) is 0 Å². The molecule has 0 bridgehead atoms. The number of likely N-dealkylation sites (N-methyl/N-ethyl adjacent to an activating group) is 1. The smallest absolute Gasteiger partial charge is 0.0629 e. The summed E-state index contributed by atoms with van der Waals surface area (Å²) in [5, 5.41) is 12.2. The Morgan fingerprint density at radius 2 is 2.11 bits per heavy atom. The fraction of sp³-hybridized carbons (Fsp3) is 0.571. The van der Waals surface area contributed by atoms with Crippen LogP contribution in [0.2, 0.25) is 0 Å². The minimum absolute atomic E-state index is 0.280. The predicted molar refractivity (Wildman–Crippen MR) is 76.1 cm³/mol. The van der Waals surface area contributed by atoms with Gasteiger partial charge >= 0.3 is 0 Å². The second-order valence-electron chi connectivity index (χ2n) is 4.95. The Morgan fingerprint density at radius 1 is 1.37 bits per heavy atom. The maximum Gasteiger partial charge on any atom is 0.0629 e. The minimum Gasteiger partial charge on any atom is -0.313 e. The molecule has 0 saturated heterocycles. The quantitative estimate of drug-likeness (QED) is 0.892. The molecule has 2 heterocycles. The SMILES string of the molecule is CCn1cc(C(Cc2c(C)nn(C)c2C)NC)cn1. The Labute approximate surface area is 114 Å². The molecule has 2 aromatic heterocycles. The van der Waals surface area contributed by atoms with E-state index in [4.69, 9.17) is 0 Å². The maximum atomic E-state index is 4.48. The van der Waals surface area contributed by atoms with E-state index >= 15 is 0 Å². The largest absolute Gasteiger partial charge is 0.313 e. The van der Waals surface area contributed by atoms with Crippen molar-refractivity contribution in [3.05, 3.63) is 34.9 Å². The van der Waals surface area contributed by atoms with Crippen LogP contribution in [0.1, 0.15) is 35.5 Å². The third-order valence-corrected chi connectivity index (χ3v) is 3.80. The van der Waals surface area contributed by atoms with Gasteiger partial charge in [0.2, 0.25) is 0 Å². The van der Waals surface area contributed by atoms with Crippen molar-refractivity contribution in [3.8, 4) is 0 Å². The van der Waals surface area contributed by atoms with E-state index in [-0.39, 0.29) is 6.04 Å². The highest BCUT2D eigenvalue weighted by atomic mass is 15.3. The molecular formula is C14H23N5. The molecule has 5 nitrogen and oxygen atoms in total. The fourth-order valence-corrected chi connectivity index (χ4v) is 2.44. The predicted octanol–water partition coefficient (Wildman–Crippen LogP) is 1.76. The zero-order valence-electron chi connectivity index (χ0n) is 12.4. The van der Waals surface area contributed by atoms with E-state index in [0.29, 0.717) is 0 Å². The summed E-state index contributed by atoms with van der Waals surface area (Å²) in [6.45, 7) is 7.20. The number of aryl methyl sites for hydroxylation is 3. The molecule has 0 aromatic carbocycles. The Balaban J connectivity index is 2.23. The third-order valence-electron chi connectivity index (χ3n) is 3.80. The van der Waals surface area contributed by atoms with Crippen LogP contribution in [0.15, 0.2) is 12.4 Å². The first-order valence-electron chi connectivity index (χ1n) is 6.75. The second kappa shape index (κ2) is 5.57. The summed E-state index contributed by atoms with van der Waals surface area (Å²) in [7, 11) is 3.99. The summed E-state index contributed by atoms with van der Waals surface area (Å²) < 4.78 is 3.91. The third kappa shape index (κ3) is 2.71. The topological polar surface area (TPSA) is 47.7 Å². The van der Waals surface area contributed by atoms with Crippen LogP contribution in [0.5, 0.6) is 0 Å². The second-order valence-corrected chi connectivity index (χ2v) is 4.95. The van der Waals surface area contributed by atoms with Gasteiger partial charge < -0.3 is 5.32 Å². The number of nitrogens with zero attached hydrogens (tertiary/aromatic N) is 4. The van der Waals surface area contributed by atoms with Crippen LogP contribution in [0.25, 0.3) is 0 Å². The Hall–Kier alpha value is -1.62. The van der Waals surface area contributed by atoms with Gasteiger partial charge in [0.1, 0.15) is 0 Å². The standard InChI is InChI=1S/C14H23N5/c1-6-19-9-12(8-16-19)14(15-4)7-13-10(2)17-18(5)11(13)3/h8-9,14-15H,6-7H2,1-5H3. The monoisotopic (exact) mass is 261 g/mol. The summed E-state index contributed by atoms with van der Waals surface area (Å²) in [4.78, 5) is 0. The van der Waals surface area contributed by atoms with Crippen molar-refractivity contribution in [3.63, 3.8) is 0 Å². The summed E-state index contributed by atoms with van der Waals surface area (Å²) in [6, 6.07) is 0.280. The first-order valence-corrected chi connectivity index (χ1v) is 6.75. The molecule has 0 fully saturated rings. The van der Waals surface area contributed by atoms with E-state index in [1.807, 2.05) is 29.7 Å². The molecule has 0 aliphatic carbocycles.